The van der Waals surface area contributed by atoms with Crippen LogP contribution in [0.4, 0.5) is 8.78 Å². The van der Waals surface area contributed by atoms with Crippen molar-refractivity contribution in [1.29, 1.82) is 0 Å². The average Bonchev–Trinajstić information content (AvgIpc) is 3.04. The van der Waals surface area contributed by atoms with Gasteiger partial charge in [-0.3, -0.25) is 4.79 Å². The molecule has 1 saturated carbocycles. The van der Waals surface area contributed by atoms with E-state index in [1.807, 2.05) is 6.92 Å². The number of Topliss-reactive ketones (excluding diaryl/α,β-unsaturated/α-hetero) is 1. The second-order valence-corrected chi connectivity index (χ2v) is 4.48. The van der Waals surface area contributed by atoms with Gasteiger partial charge in [-0.2, -0.15) is 0 Å². The van der Waals surface area contributed by atoms with Crippen LogP contribution in [-0.4, -0.2) is 5.78 Å². The molecule has 1 nitrogen and oxygen atoms in total. The van der Waals surface area contributed by atoms with Crippen LogP contribution in [-0.2, 0) is 0 Å². The number of benzene rings is 1. The summed E-state index contributed by atoms with van der Waals surface area (Å²) in [7, 11) is 0. The zero-order valence-corrected chi connectivity index (χ0v) is 9.52. The van der Waals surface area contributed by atoms with Crippen LogP contribution in [0.5, 0.6) is 0 Å². The van der Waals surface area contributed by atoms with Crippen molar-refractivity contribution in [3.8, 4) is 0 Å². The van der Waals surface area contributed by atoms with Crippen molar-refractivity contribution >= 4 is 17.4 Å². The van der Waals surface area contributed by atoms with Gasteiger partial charge in [0.05, 0.1) is 5.56 Å². The molecule has 0 amide bonds. The molecule has 1 aliphatic carbocycles. The highest BCUT2D eigenvalue weighted by molar-refractivity contribution is 6.31. The van der Waals surface area contributed by atoms with Crippen LogP contribution in [0.15, 0.2) is 12.1 Å². The van der Waals surface area contributed by atoms with Crippen LogP contribution in [0.1, 0.15) is 30.1 Å². The van der Waals surface area contributed by atoms with Gasteiger partial charge in [0, 0.05) is 5.92 Å². The fraction of sp³-hybridized carbons (Fsp3) is 0.417. The third-order valence-corrected chi connectivity index (χ3v) is 3.43. The van der Waals surface area contributed by atoms with Crippen LogP contribution in [0.2, 0.25) is 5.02 Å². The molecule has 2 unspecified atom stereocenters. The molecule has 1 aromatic rings. The minimum absolute atomic E-state index is 0.0904. The first-order chi connectivity index (χ1) is 7.56. The zero-order chi connectivity index (χ0) is 11.9. The van der Waals surface area contributed by atoms with E-state index in [4.69, 9.17) is 11.6 Å². The van der Waals surface area contributed by atoms with E-state index in [-0.39, 0.29) is 17.3 Å². The summed E-state index contributed by atoms with van der Waals surface area (Å²) in [5, 5.41) is -0.598. The Hall–Kier alpha value is -0.960. The van der Waals surface area contributed by atoms with Gasteiger partial charge in [0.1, 0.15) is 10.8 Å². The lowest BCUT2D eigenvalue weighted by Crippen LogP contribution is -2.07. The molecule has 0 heterocycles. The molecule has 1 fully saturated rings. The molecule has 0 radical (unpaired) electrons. The van der Waals surface area contributed by atoms with Gasteiger partial charge in [-0.1, -0.05) is 24.9 Å². The summed E-state index contributed by atoms with van der Waals surface area (Å²) >= 11 is 5.42. The predicted molar refractivity (Wildman–Crippen MR) is 57.6 cm³/mol. The first kappa shape index (κ1) is 11.5. The Morgan fingerprint density at radius 1 is 1.50 bits per heavy atom. The lowest BCUT2D eigenvalue weighted by Gasteiger charge is -2.04. The Labute approximate surface area is 97.4 Å². The average molecular weight is 245 g/mol. The summed E-state index contributed by atoms with van der Waals surface area (Å²) in [5.74, 6) is -1.80. The number of hydrogen-bond donors (Lipinski definition) is 0. The molecule has 2 rings (SSSR count). The maximum absolute atomic E-state index is 13.5. The highest BCUT2D eigenvalue weighted by atomic mass is 35.5. The lowest BCUT2D eigenvalue weighted by molar-refractivity contribution is 0.0956. The van der Waals surface area contributed by atoms with Crippen molar-refractivity contribution < 1.29 is 13.6 Å². The van der Waals surface area contributed by atoms with Crippen LogP contribution in [0, 0.1) is 23.5 Å². The van der Waals surface area contributed by atoms with Crippen LogP contribution in [0.3, 0.4) is 0 Å². The summed E-state index contributed by atoms with van der Waals surface area (Å²) in [6.45, 7) is 1.99. The molecule has 2 atom stereocenters. The molecule has 86 valence electrons. The number of halogens is 3. The fourth-order valence-corrected chi connectivity index (χ4v) is 2.10. The van der Waals surface area contributed by atoms with Gasteiger partial charge in [-0.15, -0.1) is 0 Å². The van der Waals surface area contributed by atoms with Crippen molar-refractivity contribution in [2.24, 2.45) is 11.8 Å². The molecule has 1 aliphatic rings. The van der Waals surface area contributed by atoms with E-state index in [0.717, 1.165) is 18.9 Å². The summed E-state index contributed by atoms with van der Waals surface area (Å²) in [5.41, 5.74) is -0.0904. The Morgan fingerprint density at radius 3 is 2.75 bits per heavy atom. The molecule has 0 bridgehead atoms. The summed E-state index contributed by atoms with van der Waals surface area (Å²) in [6, 6.07) is 2.20. The van der Waals surface area contributed by atoms with E-state index < -0.39 is 16.7 Å². The molecule has 4 heteroatoms. The topological polar surface area (TPSA) is 17.1 Å². The van der Waals surface area contributed by atoms with Gasteiger partial charge in [-0.05, 0) is 24.5 Å². The van der Waals surface area contributed by atoms with Crippen molar-refractivity contribution in [1.82, 2.24) is 0 Å². The lowest BCUT2D eigenvalue weighted by atomic mass is 10.0. The smallest absolute Gasteiger partial charge is 0.169 e. The third kappa shape index (κ3) is 1.84. The molecule has 0 aliphatic heterocycles. The van der Waals surface area contributed by atoms with E-state index in [1.165, 1.54) is 6.07 Å². The first-order valence-corrected chi connectivity index (χ1v) is 5.61. The minimum Gasteiger partial charge on any atom is -0.294 e. The van der Waals surface area contributed by atoms with Gasteiger partial charge in [0.15, 0.2) is 11.6 Å². The number of carbonyl (C=O) groups is 1. The summed E-state index contributed by atoms with van der Waals surface area (Å²) in [4.78, 5) is 11.8. The van der Waals surface area contributed by atoms with E-state index >= 15 is 0 Å². The standard InChI is InChI=1S/C12H11ClF2O/c1-2-6-5-8(6)12(16)7-3-4-9(14)10(13)11(7)15/h3-4,6,8H,2,5H2,1H3. The van der Waals surface area contributed by atoms with Crippen LogP contribution in [0.25, 0.3) is 0 Å². The molecule has 1 aromatic carbocycles. The van der Waals surface area contributed by atoms with Gasteiger partial charge < -0.3 is 0 Å². The van der Waals surface area contributed by atoms with E-state index in [9.17, 15) is 13.6 Å². The highest BCUT2D eigenvalue weighted by Crippen LogP contribution is 2.43. The van der Waals surface area contributed by atoms with Crippen molar-refractivity contribution in [3.05, 3.63) is 34.4 Å². The van der Waals surface area contributed by atoms with Crippen LogP contribution < -0.4 is 0 Å². The third-order valence-electron chi connectivity index (χ3n) is 3.08. The largest absolute Gasteiger partial charge is 0.294 e. The minimum atomic E-state index is -0.937. The number of rotatable bonds is 3. The van der Waals surface area contributed by atoms with Gasteiger partial charge >= 0.3 is 0 Å². The quantitative estimate of drug-likeness (QED) is 0.583. The molecule has 0 N–H and O–H groups in total. The fourth-order valence-electron chi connectivity index (χ4n) is 1.94. The first-order valence-electron chi connectivity index (χ1n) is 5.24. The van der Waals surface area contributed by atoms with E-state index in [2.05, 4.69) is 0 Å². The number of carbonyl (C=O) groups excluding carboxylic acids is 1. The molecular weight excluding hydrogens is 234 g/mol. The molecular formula is C12H11ClF2O. The number of ketones is 1. The molecule has 0 spiro atoms. The Bertz CT molecular complexity index is 445. The van der Waals surface area contributed by atoms with E-state index in [0.29, 0.717) is 5.92 Å². The number of hydrogen-bond acceptors (Lipinski definition) is 1. The summed E-state index contributed by atoms with van der Waals surface area (Å²) < 4.78 is 26.4. The zero-order valence-electron chi connectivity index (χ0n) is 8.77. The molecule has 0 aromatic heterocycles. The Balaban J connectivity index is 2.28. The van der Waals surface area contributed by atoms with Crippen molar-refractivity contribution in [2.45, 2.75) is 19.8 Å². The Kier molecular flexibility index (Phi) is 2.98. The summed E-state index contributed by atoms with van der Waals surface area (Å²) in [6.07, 6.45) is 1.71. The molecule has 0 saturated heterocycles. The normalized spacial score (nSPS) is 23.2. The van der Waals surface area contributed by atoms with Crippen molar-refractivity contribution in [3.63, 3.8) is 0 Å². The van der Waals surface area contributed by atoms with Crippen molar-refractivity contribution in [2.75, 3.05) is 0 Å². The second kappa shape index (κ2) is 4.13. The van der Waals surface area contributed by atoms with Crippen LogP contribution >= 0.6 is 11.6 Å². The predicted octanol–water partition coefficient (Wildman–Crippen LogP) is 3.85. The second-order valence-electron chi connectivity index (χ2n) is 4.10. The maximum atomic E-state index is 13.5. The Morgan fingerprint density at radius 2 is 2.19 bits per heavy atom. The SMILES string of the molecule is CCC1CC1C(=O)c1ccc(F)c(Cl)c1F. The maximum Gasteiger partial charge on any atom is 0.169 e. The van der Waals surface area contributed by atoms with E-state index in [1.54, 1.807) is 0 Å². The van der Waals surface area contributed by atoms with Gasteiger partial charge in [0.2, 0.25) is 0 Å². The monoisotopic (exact) mass is 244 g/mol. The van der Waals surface area contributed by atoms with Gasteiger partial charge in [-0.25, -0.2) is 8.78 Å². The van der Waals surface area contributed by atoms with Gasteiger partial charge in [0.25, 0.3) is 0 Å². The molecule has 16 heavy (non-hydrogen) atoms. The highest BCUT2D eigenvalue weighted by Gasteiger charge is 2.42.